The zero-order valence-electron chi connectivity index (χ0n) is 15.9. The van der Waals surface area contributed by atoms with Gasteiger partial charge in [-0.15, -0.1) is 0 Å². The van der Waals surface area contributed by atoms with Crippen LogP contribution in [0.25, 0.3) is 0 Å². The maximum absolute atomic E-state index is 12.7. The summed E-state index contributed by atoms with van der Waals surface area (Å²) in [6, 6.07) is 0.459. The van der Waals surface area contributed by atoms with Crippen LogP contribution in [0.3, 0.4) is 0 Å². The number of ether oxygens (including phenoxy) is 1. The number of alkyl halides is 3. The molecule has 3 heterocycles. The molecular weight excluding hydrogens is 413 g/mol. The second kappa shape index (κ2) is 8.42. The van der Waals surface area contributed by atoms with Crippen molar-refractivity contribution in [3.8, 4) is 6.01 Å². The van der Waals surface area contributed by atoms with Gasteiger partial charge in [0.05, 0.1) is 6.26 Å². The van der Waals surface area contributed by atoms with Crippen LogP contribution in [0.5, 0.6) is 6.01 Å². The molecule has 12 heteroatoms. The first-order valence-electron chi connectivity index (χ1n) is 9.35. The van der Waals surface area contributed by atoms with Gasteiger partial charge in [0, 0.05) is 51.1 Å². The van der Waals surface area contributed by atoms with Crippen molar-refractivity contribution < 1.29 is 31.1 Å². The highest BCUT2D eigenvalue weighted by Gasteiger charge is 2.35. The van der Waals surface area contributed by atoms with Gasteiger partial charge in [0.25, 0.3) is 0 Å². The molecule has 2 aliphatic heterocycles. The van der Waals surface area contributed by atoms with Crippen molar-refractivity contribution in [1.29, 1.82) is 0 Å². The molecule has 8 nitrogen and oxygen atoms in total. The molecular formula is C17H23F3N4O4S. The smallest absolute Gasteiger partial charge is 0.433 e. The SMILES string of the molecule is CS(=O)(=O)N1CCC(C(=O)N2CCC(Oc3nccc(C(F)(F)F)n3)CC2)CC1. The summed E-state index contributed by atoms with van der Waals surface area (Å²) in [6.07, 6.45) is -0.860. The number of rotatable bonds is 4. The molecule has 3 rings (SSSR count). The Balaban J connectivity index is 1.49. The number of aromatic nitrogens is 2. The molecule has 1 aromatic rings. The number of hydrogen-bond donors (Lipinski definition) is 0. The number of sulfonamides is 1. The number of likely N-dealkylation sites (tertiary alicyclic amines) is 1. The Labute approximate surface area is 167 Å². The molecule has 2 fully saturated rings. The third-order valence-electron chi connectivity index (χ3n) is 5.22. The highest BCUT2D eigenvalue weighted by atomic mass is 32.2. The summed E-state index contributed by atoms with van der Waals surface area (Å²) < 4.78 is 68.2. The van der Waals surface area contributed by atoms with E-state index in [1.165, 1.54) is 4.31 Å². The molecule has 1 amide bonds. The molecule has 0 aliphatic carbocycles. The predicted molar refractivity (Wildman–Crippen MR) is 96.4 cm³/mol. The second-order valence-corrected chi connectivity index (χ2v) is 9.28. The molecule has 29 heavy (non-hydrogen) atoms. The molecule has 0 N–H and O–H groups in total. The minimum absolute atomic E-state index is 0.00748. The molecule has 0 bridgehead atoms. The first kappa shape index (κ1) is 21.8. The highest BCUT2D eigenvalue weighted by molar-refractivity contribution is 7.88. The normalized spacial score (nSPS) is 20.6. The maximum atomic E-state index is 12.7. The van der Waals surface area contributed by atoms with Gasteiger partial charge in [0.1, 0.15) is 6.10 Å². The Morgan fingerprint density at radius 1 is 1.14 bits per heavy atom. The topological polar surface area (TPSA) is 92.7 Å². The third kappa shape index (κ3) is 5.56. The number of halogens is 3. The lowest BCUT2D eigenvalue weighted by Crippen LogP contribution is -2.47. The van der Waals surface area contributed by atoms with E-state index in [1.54, 1.807) is 4.90 Å². The van der Waals surface area contributed by atoms with Crippen LogP contribution in [-0.4, -0.2) is 72.0 Å². The van der Waals surface area contributed by atoms with Crippen molar-refractivity contribution in [2.45, 2.75) is 38.0 Å². The summed E-state index contributed by atoms with van der Waals surface area (Å²) >= 11 is 0. The number of amides is 1. The van der Waals surface area contributed by atoms with Crippen LogP contribution in [-0.2, 0) is 21.0 Å². The molecule has 0 atom stereocenters. The molecule has 0 radical (unpaired) electrons. The lowest BCUT2D eigenvalue weighted by molar-refractivity contribution is -0.142. The lowest BCUT2D eigenvalue weighted by atomic mass is 9.95. The largest absolute Gasteiger partial charge is 0.460 e. The average molecular weight is 436 g/mol. The van der Waals surface area contributed by atoms with Crippen molar-refractivity contribution in [2.24, 2.45) is 5.92 Å². The fourth-order valence-electron chi connectivity index (χ4n) is 3.59. The van der Waals surface area contributed by atoms with E-state index in [9.17, 15) is 26.4 Å². The van der Waals surface area contributed by atoms with Crippen LogP contribution >= 0.6 is 0 Å². The van der Waals surface area contributed by atoms with Crippen LogP contribution in [0.15, 0.2) is 12.3 Å². The van der Waals surface area contributed by atoms with Crippen molar-refractivity contribution >= 4 is 15.9 Å². The van der Waals surface area contributed by atoms with Gasteiger partial charge in [-0.25, -0.2) is 17.7 Å². The monoisotopic (exact) mass is 436 g/mol. The Hall–Kier alpha value is -1.95. The van der Waals surface area contributed by atoms with Gasteiger partial charge in [-0.1, -0.05) is 0 Å². The van der Waals surface area contributed by atoms with Gasteiger partial charge in [0.2, 0.25) is 15.9 Å². The van der Waals surface area contributed by atoms with Crippen LogP contribution in [0.2, 0.25) is 0 Å². The van der Waals surface area contributed by atoms with Crippen molar-refractivity contribution in [1.82, 2.24) is 19.2 Å². The van der Waals surface area contributed by atoms with E-state index in [-0.39, 0.29) is 23.9 Å². The highest BCUT2D eigenvalue weighted by Crippen LogP contribution is 2.29. The first-order valence-corrected chi connectivity index (χ1v) is 11.2. The van der Waals surface area contributed by atoms with Gasteiger partial charge in [0.15, 0.2) is 5.69 Å². The van der Waals surface area contributed by atoms with Gasteiger partial charge in [-0.2, -0.15) is 18.2 Å². The molecule has 0 unspecified atom stereocenters. The number of hydrogen-bond acceptors (Lipinski definition) is 6. The Morgan fingerprint density at radius 2 is 1.76 bits per heavy atom. The maximum Gasteiger partial charge on any atom is 0.433 e. The molecule has 1 aromatic heterocycles. The zero-order valence-corrected chi connectivity index (χ0v) is 16.7. The molecule has 2 aliphatic rings. The standard InChI is InChI=1S/C17H23F3N4O4S/c1-29(26,27)24-10-3-12(4-11-24)15(25)23-8-5-13(6-9-23)28-16-21-7-2-14(22-16)17(18,19)20/h2,7,12-13H,3-6,8-11H2,1H3. The van der Waals surface area contributed by atoms with Gasteiger partial charge < -0.3 is 9.64 Å². The van der Waals surface area contributed by atoms with Crippen molar-refractivity contribution in [3.63, 3.8) is 0 Å². The predicted octanol–water partition coefficient (Wildman–Crippen LogP) is 1.54. The summed E-state index contributed by atoms with van der Waals surface area (Å²) in [5, 5.41) is 0. The fourth-order valence-corrected chi connectivity index (χ4v) is 4.47. The van der Waals surface area contributed by atoms with Gasteiger partial charge in [-0.3, -0.25) is 4.79 Å². The summed E-state index contributed by atoms with van der Waals surface area (Å²) in [7, 11) is -3.24. The molecule has 0 saturated carbocycles. The van der Waals surface area contributed by atoms with E-state index < -0.39 is 21.9 Å². The van der Waals surface area contributed by atoms with Gasteiger partial charge in [-0.05, 0) is 18.9 Å². The second-order valence-electron chi connectivity index (χ2n) is 7.30. The summed E-state index contributed by atoms with van der Waals surface area (Å²) in [4.78, 5) is 21.5. The summed E-state index contributed by atoms with van der Waals surface area (Å²) in [5.41, 5.74) is -1.06. The van der Waals surface area contributed by atoms with E-state index in [0.717, 1.165) is 18.5 Å². The van der Waals surface area contributed by atoms with E-state index in [4.69, 9.17) is 4.74 Å². The van der Waals surface area contributed by atoms with E-state index in [0.29, 0.717) is 51.9 Å². The molecule has 162 valence electrons. The number of nitrogens with zero attached hydrogens (tertiary/aromatic N) is 4. The Morgan fingerprint density at radius 3 is 2.31 bits per heavy atom. The van der Waals surface area contributed by atoms with Crippen LogP contribution in [0.1, 0.15) is 31.4 Å². The number of piperidine rings is 2. The summed E-state index contributed by atoms with van der Waals surface area (Å²) in [6.45, 7) is 1.52. The van der Waals surface area contributed by atoms with Crippen molar-refractivity contribution in [3.05, 3.63) is 18.0 Å². The Kier molecular flexibility index (Phi) is 6.32. The average Bonchev–Trinajstić information content (AvgIpc) is 2.67. The third-order valence-corrected chi connectivity index (χ3v) is 6.53. The van der Waals surface area contributed by atoms with E-state index in [1.807, 2.05) is 0 Å². The van der Waals surface area contributed by atoms with Gasteiger partial charge >= 0.3 is 12.2 Å². The number of carbonyl (C=O) groups is 1. The van der Waals surface area contributed by atoms with Crippen LogP contribution in [0.4, 0.5) is 13.2 Å². The first-order chi connectivity index (χ1) is 13.5. The van der Waals surface area contributed by atoms with E-state index in [2.05, 4.69) is 9.97 Å². The zero-order chi connectivity index (χ0) is 21.2. The van der Waals surface area contributed by atoms with Crippen LogP contribution < -0.4 is 4.74 Å². The molecule has 0 aromatic carbocycles. The minimum Gasteiger partial charge on any atom is -0.460 e. The quantitative estimate of drug-likeness (QED) is 0.711. The lowest BCUT2D eigenvalue weighted by Gasteiger charge is -2.36. The van der Waals surface area contributed by atoms with Crippen LogP contribution in [0, 0.1) is 5.92 Å². The Bertz CT molecular complexity index is 833. The minimum atomic E-state index is -4.57. The molecule has 0 spiro atoms. The number of carbonyl (C=O) groups excluding carboxylic acids is 1. The molecule has 2 saturated heterocycles. The van der Waals surface area contributed by atoms with E-state index >= 15 is 0 Å². The summed E-state index contributed by atoms with van der Waals surface area (Å²) in [5.74, 6) is -0.218. The fraction of sp³-hybridized carbons (Fsp3) is 0.706. The van der Waals surface area contributed by atoms with Crippen molar-refractivity contribution in [2.75, 3.05) is 32.4 Å².